The molecule has 2 aromatic rings. The summed E-state index contributed by atoms with van der Waals surface area (Å²) >= 11 is 0. The van der Waals surface area contributed by atoms with Gasteiger partial charge in [-0.05, 0) is 42.2 Å². The maximum absolute atomic E-state index is 12.0. The summed E-state index contributed by atoms with van der Waals surface area (Å²) in [6, 6.07) is 11.7. The predicted octanol–water partition coefficient (Wildman–Crippen LogP) is -1.84. The zero-order valence-electron chi connectivity index (χ0n) is 19.8. The molecule has 0 saturated carbocycles. The maximum atomic E-state index is 12.0. The molecule has 1 unspecified atom stereocenters. The molecule has 0 spiro atoms. The number of aliphatic hydroxyl groups is 1. The van der Waals surface area contributed by atoms with Gasteiger partial charge in [0.05, 0.1) is 23.5 Å². The molecule has 0 aliphatic carbocycles. The van der Waals surface area contributed by atoms with Gasteiger partial charge in [-0.1, -0.05) is 18.2 Å². The average molecular weight is 543 g/mol. The number of nitrogens with zero attached hydrogens (tertiary/aromatic N) is 2. The van der Waals surface area contributed by atoms with Crippen molar-refractivity contribution < 1.29 is 71.8 Å². The fraction of sp³-hybridized carbons (Fsp3) is 0.318. The van der Waals surface area contributed by atoms with Gasteiger partial charge in [-0.2, -0.15) is 0 Å². The second-order valence-corrected chi connectivity index (χ2v) is 9.51. The monoisotopic (exact) mass is 543 g/mol. The Kier molecular flexibility index (Phi) is 10.7. The van der Waals surface area contributed by atoms with Gasteiger partial charge in [0.25, 0.3) is 17.5 Å². The van der Waals surface area contributed by atoms with Gasteiger partial charge in [-0.15, -0.1) is 5.06 Å². The zero-order chi connectivity index (χ0) is 26.5. The number of hydrogen-bond acceptors (Lipinski definition) is 11. The van der Waals surface area contributed by atoms with Crippen LogP contribution in [-0.2, 0) is 48.9 Å². The van der Waals surface area contributed by atoms with Crippen LogP contribution in [-0.4, -0.2) is 51.1 Å². The minimum absolute atomic E-state index is 0. The maximum Gasteiger partial charge on any atom is 1.00 e. The number of hydrogen-bond donors (Lipinski definition) is 2. The molecule has 1 fully saturated rings. The van der Waals surface area contributed by atoms with E-state index in [-0.39, 0.29) is 52.3 Å². The zero-order valence-corrected chi connectivity index (χ0v) is 22.6. The molecule has 0 bridgehead atoms. The van der Waals surface area contributed by atoms with Gasteiger partial charge in [0, 0.05) is 24.7 Å². The third kappa shape index (κ3) is 8.05. The molecule has 1 heterocycles. The third-order valence-corrected chi connectivity index (χ3v) is 6.48. The van der Waals surface area contributed by atoms with E-state index in [1.54, 1.807) is 24.3 Å². The number of hydroxylamine groups is 2. The Labute approximate surface area is 233 Å². The number of nitro benzene ring substituents is 1. The SMILES string of the molecule is O=C(CCCc1ccc(NCc2ccc([N+](=O)[O-])c(CO)c2)cc1)ON1C(=O)CC(S(=O)(=O)[O-])C1=O.[Na+]. The van der Waals surface area contributed by atoms with E-state index in [0.29, 0.717) is 19.4 Å². The van der Waals surface area contributed by atoms with Gasteiger partial charge in [0.1, 0.15) is 15.4 Å². The first kappa shape index (κ1) is 30.3. The number of carbonyl (C=O) groups excluding carboxylic acids is 3. The third-order valence-electron chi connectivity index (χ3n) is 5.41. The minimum atomic E-state index is -5.03. The predicted molar refractivity (Wildman–Crippen MR) is 122 cm³/mol. The first-order valence-corrected chi connectivity index (χ1v) is 12.2. The molecule has 3 rings (SSSR count). The van der Waals surface area contributed by atoms with Crippen molar-refractivity contribution in [2.75, 3.05) is 5.32 Å². The molecular formula is C22H22N3NaO10S. The number of amides is 2. The average Bonchev–Trinajstić information content (AvgIpc) is 3.12. The first-order chi connectivity index (χ1) is 17.0. The summed E-state index contributed by atoms with van der Waals surface area (Å²) in [5, 5.41) is 21.4. The van der Waals surface area contributed by atoms with E-state index in [1.165, 1.54) is 6.07 Å². The quantitative estimate of drug-likeness (QED) is 0.106. The van der Waals surface area contributed by atoms with E-state index in [2.05, 4.69) is 10.2 Å². The van der Waals surface area contributed by atoms with Crippen molar-refractivity contribution in [2.24, 2.45) is 0 Å². The van der Waals surface area contributed by atoms with Crippen LogP contribution in [0.15, 0.2) is 42.5 Å². The molecule has 1 atom stereocenters. The van der Waals surface area contributed by atoms with Crippen LogP contribution in [0.1, 0.15) is 36.0 Å². The number of aliphatic hydroxyl groups excluding tert-OH is 1. The summed E-state index contributed by atoms with van der Waals surface area (Å²) in [6.07, 6.45) is -0.223. The van der Waals surface area contributed by atoms with Crippen molar-refractivity contribution >= 4 is 39.3 Å². The van der Waals surface area contributed by atoms with E-state index in [1.807, 2.05) is 12.1 Å². The number of carbonyl (C=O) groups is 3. The van der Waals surface area contributed by atoms with Crippen LogP contribution in [0.2, 0.25) is 0 Å². The van der Waals surface area contributed by atoms with Crippen LogP contribution < -0.4 is 34.9 Å². The van der Waals surface area contributed by atoms with Crippen LogP contribution in [0.3, 0.4) is 0 Å². The molecule has 2 N–H and O–H groups in total. The molecule has 2 amide bonds. The summed E-state index contributed by atoms with van der Waals surface area (Å²) in [4.78, 5) is 50.6. The van der Waals surface area contributed by atoms with Crippen molar-refractivity contribution in [2.45, 2.75) is 44.1 Å². The van der Waals surface area contributed by atoms with E-state index in [4.69, 9.17) is 0 Å². The van der Waals surface area contributed by atoms with Gasteiger partial charge in [0.15, 0.2) is 0 Å². The molecule has 0 aromatic heterocycles. The molecule has 1 saturated heterocycles. The Morgan fingerprint density at radius 2 is 1.81 bits per heavy atom. The molecule has 37 heavy (non-hydrogen) atoms. The number of rotatable bonds is 11. The van der Waals surface area contributed by atoms with Gasteiger partial charge >= 0.3 is 35.5 Å². The fourth-order valence-electron chi connectivity index (χ4n) is 3.54. The standard InChI is InChI=1S/C22H23N3O10S.Na/c26-13-16-10-15(6-9-18(16)25(30)31)12-23-17-7-4-14(5-8-17)2-1-3-21(28)35-24-20(27)11-19(22(24)29)36(32,33)34;/h4-10,19,23,26H,1-3,11-13H2,(H,32,33,34);/q;+1/p-1. The van der Waals surface area contributed by atoms with Gasteiger partial charge in [-0.25, -0.2) is 13.2 Å². The summed E-state index contributed by atoms with van der Waals surface area (Å²) in [6.45, 7) is -0.0712. The molecule has 1 aliphatic rings. The van der Waals surface area contributed by atoms with Crippen molar-refractivity contribution in [3.05, 3.63) is 69.3 Å². The summed E-state index contributed by atoms with van der Waals surface area (Å²) in [5.41, 5.74) is 2.49. The largest absolute Gasteiger partial charge is 1.00 e. The normalized spacial score (nSPS) is 15.3. The second-order valence-electron chi connectivity index (χ2n) is 7.96. The number of anilines is 1. The molecule has 2 aromatic carbocycles. The van der Waals surface area contributed by atoms with Crippen molar-refractivity contribution in [3.8, 4) is 0 Å². The Morgan fingerprint density at radius 3 is 2.38 bits per heavy atom. The molecule has 15 heteroatoms. The van der Waals surface area contributed by atoms with Crippen LogP contribution >= 0.6 is 0 Å². The minimum Gasteiger partial charge on any atom is -0.747 e. The van der Waals surface area contributed by atoms with Gasteiger partial charge in [0.2, 0.25) is 0 Å². The Morgan fingerprint density at radius 1 is 1.16 bits per heavy atom. The Hall–Kier alpha value is -2.88. The van der Waals surface area contributed by atoms with E-state index in [9.17, 15) is 42.6 Å². The molecular weight excluding hydrogens is 521 g/mol. The van der Waals surface area contributed by atoms with Gasteiger partial charge < -0.3 is 19.8 Å². The van der Waals surface area contributed by atoms with E-state index >= 15 is 0 Å². The number of aryl methyl sites for hydroxylation is 1. The number of nitrogens with one attached hydrogen (secondary N) is 1. The summed E-state index contributed by atoms with van der Waals surface area (Å²) < 4.78 is 33.0. The Balaban J connectivity index is 0.00000481. The van der Waals surface area contributed by atoms with Crippen molar-refractivity contribution in [3.63, 3.8) is 0 Å². The molecule has 1 aliphatic heterocycles. The molecule has 0 radical (unpaired) electrons. The topological polar surface area (TPSA) is 196 Å². The summed E-state index contributed by atoms with van der Waals surface area (Å²) in [7, 11) is -5.03. The number of nitro groups is 1. The van der Waals surface area contributed by atoms with Crippen LogP contribution in [0.5, 0.6) is 0 Å². The second kappa shape index (κ2) is 13.1. The number of benzene rings is 2. The number of imide groups is 1. The van der Waals surface area contributed by atoms with E-state index in [0.717, 1.165) is 16.8 Å². The summed E-state index contributed by atoms with van der Waals surface area (Å²) in [5.74, 6) is -3.35. The van der Waals surface area contributed by atoms with Crippen molar-refractivity contribution in [1.29, 1.82) is 0 Å². The smallest absolute Gasteiger partial charge is 0.747 e. The molecule has 192 valence electrons. The van der Waals surface area contributed by atoms with Crippen molar-refractivity contribution in [1.82, 2.24) is 5.06 Å². The van der Waals surface area contributed by atoms with Crippen LogP contribution in [0.4, 0.5) is 11.4 Å². The van der Waals surface area contributed by atoms with Crippen LogP contribution in [0, 0.1) is 10.1 Å². The molecule has 13 nitrogen and oxygen atoms in total. The fourth-order valence-corrected chi connectivity index (χ4v) is 4.22. The first-order valence-electron chi connectivity index (χ1n) is 10.7. The van der Waals surface area contributed by atoms with Gasteiger partial charge in [-0.3, -0.25) is 19.7 Å². The van der Waals surface area contributed by atoms with E-state index < -0.39 is 51.1 Å². The van der Waals surface area contributed by atoms with Crippen LogP contribution in [0.25, 0.3) is 0 Å². The Bertz CT molecular complexity index is 1280.